The molecule has 0 atom stereocenters. The van der Waals surface area contributed by atoms with Crippen LogP contribution in [0.3, 0.4) is 0 Å². The monoisotopic (exact) mass is 250 g/mol. The van der Waals surface area contributed by atoms with E-state index in [4.69, 9.17) is 4.74 Å². The zero-order chi connectivity index (χ0) is 13.9. The highest BCUT2D eigenvalue weighted by Crippen LogP contribution is 2.36. The Morgan fingerprint density at radius 2 is 1.67 bits per heavy atom. The van der Waals surface area contributed by atoms with Gasteiger partial charge in [-0.05, 0) is 40.5 Å². The molecule has 18 heavy (non-hydrogen) atoms. The molecule has 4 heteroatoms. The molecule has 0 N–H and O–H groups in total. The lowest BCUT2D eigenvalue weighted by atomic mass is 10.0. The van der Waals surface area contributed by atoms with Crippen molar-refractivity contribution in [2.24, 2.45) is 0 Å². The summed E-state index contributed by atoms with van der Waals surface area (Å²) in [6.07, 6.45) is 5.36. The Hall–Kier alpha value is -1.06. The Labute approximate surface area is 110 Å². The largest absolute Gasteiger partial charge is 0.453 e. The SMILES string of the molecule is CC(=O)O[C]1[CH][CH][CH][C]1C(=O)N(C(C)C)C(C)C. The first-order chi connectivity index (χ1) is 8.34. The van der Waals surface area contributed by atoms with Crippen LogP contribution >= 0.6 is 0 Å². The van der Waals surface area contributed by atoms with Gasteiger partial charge in [0.1, 0.15) is 5.92 Å². The molecule has 99 valence electrons. The third-order valence-corrected chi connectivity index (χ3v) is 2.61. The fraction of sp³-hybridized carbons (Fsp3) is 0.500. The highest BCUT2D eigenvalue weighted by molar-refractivity contribution is 5.97. The standard InChI is InChI=1S/C14H20NO3/c1-9(2)15(10(3)4)14(17)12-7-6-8-13(12)18-11(5)16/h6-10H,1-5H3. The van der Waals surface area contributed by atoms with E-state index in [-0.39, 0.29) is 18.0 Å². The van der Waals surface area contributed by atoms with Crippen LogP contribution in [0.15, 0.2) is 0 Å². The molecule has 1 saturated carbocycles. The maximum Gasteiger partial charge on any atom is 0.303 e. The molecular formula is C14H20NO3. The van der Waals surface area contributed by atoms with Gasteiger partial charge in [-0.15, -0.1) is 0 Å². The van der Waals surface area contributed by atoms with Crippen molar-refractivity contribution >= 4 is 11.9 Å². The molecule has 0 bridgehead atoms. The van der Waals surface area contributed by atoms with E-state index in [1.807, 2.05) is 27.7 Å². The normalized spacial score (nSPS) is 17.5. The van der Waals surface area contributed by atoms with Crippen molar-refractivity contribution in [3.63, 3.8) is 0 Å². The summed E-state index contributed by atoms with van der Waals surface area (Å²) < 4.78 is 5.03. The lowest BCUT2D eigenvalue weighted by molar-refractivity contribution is -0.140. The number of ether oxygens (including phenoxy) is 1. The van der Waals surface area contributed by atoms with Gasteiger partial charge >= 0.3 is 5.97 Å². The molecule has 0 saturated heterocycles. The van der Waals surface area contributed by atoms with Crippen LogP contribution in [0.4, 0.5) is 0 Å². The molecular weight excluding hydrogens is 230 g/mol. The number of esters is 1. The summed E-state index contributed by atoms with van der Waals surface area (Å²) in [5.41, 5.74) is 0. The van der Waals surface area contributed by atoms with Gasteiger partial charge in [0.15, 0.2) is 6.10 Å². The van der Waals surface area contributed by atoms with Crippen LogP contribution in [0.2, 0.25) is 0 Å². The van der Waals surface area contributed by atoms with Crippen molar-refractivity contribution in [3.05, 3.63) is 31.3 Å². The van der Waals surface area contributed by atoms with Crippen LogP contribution in [-0.4, -0.2) is 28.9 Å². The minimum atomic E-state index is -0.420. The third kappa shape index (κ3) is 3.47. The second kappa shape index (κ2) is 6.21. The van der Waals surface area contributed by atoms with Gasteiger partial charge in [0.25, 0.3) is 0 Å². The van der Waals surface area contributed by atoms with Crippen molar-refractivity contribution in [1.82, 2.24) is 4.90 Å². The van der Waals surface area contributed by atoms with E-state index in [0.717, 1.165) is 0 Å². The van der Waals surface area contributed by atoms with Gasteiger partial charge in [0.2, 0.25) is 5.91 Å². The van der Waals surface area contributed by atoms with E-state index >= 15 is 0 Å². The molecule has 1 rings (SSSR count). The first-order valence-corrected chi connectivity index (χ1v) is 6.11. The van der Waals surface area contributed by atoms with E-state index in [2.05, 4.69) is 0 Å². The predicted molar refractivity (Wildman–Crippen MR) is 68.3 cm³/mol. The van der Waals surface area contributed by atoms with Gasteiger partial charge in [0.05, 0.1) is 0 Å². The second-order valence-corrected chi connectivity index (χ2v) is 4.80. The van der Waals surface area contributed by atoms with Crippen LogP contribution < -0.4 is 0 Å². The topological polar surface area (TPSA) is 46.6 Å². The minimum absolute atomic E-state index is 0.0950. The Kier molecular flexibility index (Phi) is 5.17. The first kappa shape index (κ1) is 15.0. The van der Waals surface area contributed by atoms with Gasteiger partial charge in [-0.3, -0.25) is 9.59 Å². The summed E-state index contributed by atoms with van der Waals surface area (Å²) in [4.78, 5) is 25.2. The van der Waals surface area contributed by atoms with E-state index in [1.165, 1.54) is 6.92 Å². The van der Waals surface area contributed by atoms with Crippen molar-refractivity contribution in [3.8, 4) is 0 Å². The summed E-state index contributed by atoms with van der Waals surface area (Å²) in [5, 5.41) is 0. The maximum atomic E-state index is 12.4. The highest BCUT2D eigenvalue weighted by Gasteiger charge is 2.41. The summed E-state index contributed by atoms with van der Waals surface area (Å²) >= 11 is 0. The molecule has 1 amide bonds. The lowest BCUT2D eigenvalue weighted by Gasteiger charge is -2.33. The van der Waals surface area contributed by atoms with Crippen LogP contribution in [0.1, 0.15) is 34.6 Å². The quantitative estimate of drug-likeness (QED) is 0.716. The molecule has 0 unspecified atom stereocenters. The van der Waals surface area contributed by atoms with Crippen LogP contribution in [-0.2, 0) is 14.3 Å². The Morgan fingerprint density at radius 3 is 2.11 bits per heavy atom. The highest BCUT2D eigenvalue weighted by atomic mass is 16.5. The minimum Gasteiger partial charge on any atom is -0.453 e. The Morgan fingerprint density at radius 1 is 1.11 bits per heavy atom. The molecule has 1 fully saturated rings. The maximum absolute atomic E-state index is 12.4. The van der Waals surface area contributed by atoms with Gasteiger partial charge in [-0.25, -0.2) is 0 Å². The Bertz CT molecular complexity index is 304. The summed E-state index contributed by atoms with van der Waals surface area (Å²) in [7, 11) is 0. The van der Waals surface area contributed by atoms with E-state index in [9.17, 15) is 9.59 Å². The number of amides is 1. The van der Waals surface area contributed by atoms with Crippen LogP contribution in [0, 0.1) is 31.3 Å². The first-order valence-electron chi connectivity index (χ1n) is 6.11. The molecule has 1 aliphatic rings. The number of hydrogen-bond acceptors (Lipinski definition) is 3. The molecule has 0 aromatic rings. The van der Waals surface area contributed by atoms with Crippen LogP contribution in [0.25, 0.3) is 0 Å². The molecule has 0 aliphatic heterocycles. The number of rotatable bonds is 4. The van der Waals surface area contributed by atoms with Crippen molar-refractivity contribution in [2.75, 3.05) is 0 Å². The van der Waals surface area contributed by atoms with Crippen molar-refractivity contribution in [2.45, 2.75) is 46.7 Å². The van der Waals surface area contributed by atoms with E-state index in [1.54, 1.807) is 24.2 Å². The molecule has 4 nitrogen and oxygen atoms in total. The van der Waals surface area contributed by atoms with Crippen LogP contribution in [0.5, 0.6) is 0 Å². The molecule has 0 aromatic carbocycles. The molecule has 0 heterocycles. The molecule has 1 aliphatic carbocycles. The molecule has 0 aromatic heterocycles. The third-order valence-electron chi connectivity index (χ3n) is 2.61. The zero-order valence-corrected chi connectivity index (χ0v) is 11.6. The van der Waals surface area contributed by atoms with E-state index in [0.29, 0.717) is 12.0 Å². The molecule has 5 radical (unpaired) electrons. The number of hydrogen-bond donors (Lipinski definition) is 0. The second-order valence-electron chi connectivity index (χ2n) is 4.80. The summed E-state index contributed by atoms with van der Waals surface area (Å²) in [6.45, 7) is 9.18. The average molecular weight is 250 g/mol. The Balaban J connectivity index is 2.77. The van der Waals surface area contributed by atoms with Crippen molar-refractivity contribution < 1.29 is 14.3 Å². The number of nitrogens with zero attached hydrogens (tertiary/aromatic N) is 1. The average Bonchev–Trinajstić information content (AvgIpc) is 2.63. The predicted octanol–water partition coefficient (Wildman–Crippen LogP) is 1.93. The van der Waals surface area contributed by atoms with Crippen molar-refractivity contribution in [1.29, 1.82) is 0 Å². The summed E-state index contributed by atoms with van der Waals surface area (Å²) in [6, 6.07) is 0.190. The lowest BCUT2D eigenvalue weighted by Crippen LogP contribution is -2.45. The smallest absolute Gasteiger partial charge is 0.303 e. The number of carbonyl (C=O) groups is 2. The fourth-order valence-electron chi connectivity index (χ4n) is 2.03. The van der Waals surface area contributed by atoms with Gasteiger partial charge < -0.3 is 9.64 Å². The van der Waals surface area contributed by atoms with Gasteiger partial charge in [-0.1, -0.05) is 0 Å². The van der Waals surface area contributed by atoms with Gasteiger partial charge in [0, 0.05) is 25.4 Å². The zero-order valence-electron chi connectivity index (χ0n) is 11.6. The number of carbonyl (C=O) groups excluding carboxylic acids is 2. The van der Waals surface area contributed by atoms with E-state index < -0.39 is 5.97 Å². The van der Waals surface area contributed by atoms with Gasteiger partial charge in [-0.2, -0.15) is 0 Å². The fourth-order valence-corrected chi connectivity index (χ4v) is 2.03. The molecule has 0 spiro atoms. The summed E-state index contributed by atoms with van der Waals surface area (Å²) in [5.74, 6) is -0.0928.